The van der Waals surface area contributed by atoms with Gasteiger partial charge in [0.2, 0.25) is 0 Å². The van der Waals surface area contributed by atoms with Gasteiger partial charge in [0, 0.05) is 0 Å². The number of esters is 1. The average molecular weight is 206 g/mol. The van der Waals surface area contributed by atoms with Gasteiger partial charge in [-0.2, -0.15) is 0 Å². The predicted molar refractivity (Wildman–Crippen MR) is 61.4 cm³/mol. The third-order valence-electron chi connectivity index (χ3n) is 2.54. The van der Waals surface area contributed by atoms with Crippen molar-refractivity contribution in [2.45, 2.75) is 26.7 Å². The zero-order chi connectivity index (χ0) is 11.4. The molecule has 2 nitrogen and oxygen atoms in total. The van der Waals surface area contributed by atoms with E-state index >= 15 is 0 Å². The smallest absolute Gasteiger partial charge is 0.337 e. The van der Waals surface area contributed by atoms with E-state index < -0.39 is 0 Å². The number of ether oxygens (including phenoxy) is 1. The van der Waals surface area contributed by atoms with Crippen molar-refractivity contribution in [1.82, 2.24) is 0 Å². The number of allylic oxidation sites excluding steroid dienone is 3. The van der Waals surface area contributed by atoms with Crippen molar-refractivity contribution in [3.63, 3.8) is 0 Å². The number of hydrogen-bond acceptors (Lipinski definition) is 2. The molecule has 1 saturated carbocycles. The summed E-state index contributed by atoms with van der Waals surface area (Å²) in [6, 6.07) is 0. The molecule has 0 aromatic heterocycles. The second-order valence-corrected chi connectivity index (χ2v) is 4.03. The minimum Gasteiger partial charge on any atom is -0.465 e. The van der Waals surface area contributed by atoms with E-state index in [9.17, 15) is 4.79 Å². The maximum Gasteiger partial charge on any atom is 0.337 e. The van der Waals surface area contributed by atoms with Crippen molar-refractivity contribution in [2.75, 3.05) is 7.11 Å². The Kier molecular flexibility index (Phi) is 3.89. The van der Waals surface area contributed by atoms with Crippen LogP contribution in [0.2, 0.25) is 0 Å². The summed E-state index contributed by atoms with van der Waals surface area (Å²) in [6.45, 7) is 7.60. The van der Waals surface area contributed by atoms with Crippen LogP contribution in [0.3, 0.4) is 0 Å². The van der Waals surface area contributed by atoms with Gasteiger partial charge in [0.1, 0.15) is 0 Å². The minimum atomic E-state index is -0.269. The molecule has 0 aliphatic heterocycles. The lowest BCUT2D eigenvalue weighted by atomic mass is 10.0. The normalized spacial score (nSPS) is 15.8. The van der Waals surface area contributed by atoms with E-state index in [1.54, 1.807) is 0 Å². The second-order valence-electron chi connectivity index (χ2n) is 4.03. The molecule has 0 radical (unpaired) electrons. The van der Waals surface area contributed by atoms with Gasteiger partial charge in [0.25, 0.3) is 0 Å². The number of hydrogen-bond donors (Lipinski definition) is 0. The lowest BCUT2D eigenvalue weighted by molar-refractivity contribution is -0.135. The Balaban J connectivity index is 2.95. The van der Waals surface area contributed by atoms with Crippen LogP contribution in [0.5, 0.6) is 0 Å². The largest absolute Gasteiger partial charge is 0.465 e. The highest BCUT2D eigenvalue weighted by atomic mass is 16.5. The van der Waals surface area contributed by atoms with Crippen LogP contribution in [0, 0.1) is 5.92 Å². The Hall–Kier alpha value is -1.31. The molecule has 0 unspecified atom stereocenters. The van der Waals surface area contributed by atoms with Crippen LogP contribution in [-0.2, 0) is 9.53 Å². The molecule has 1 rings (SSSR count). The summed E-state index contributed by atoms with van der Waals surface area (Å²) in [5, 5.41) is 0. The lowest BCUT2D eigenvalue weighted by Crippen LogP contribution is -2.05. The standard InChI is InChI=1S/C13H18O2/c1-5-10(11-6-7-11)8-12(9(2)3)13(14)15-4/h5,8,11H,1,6-7H2,2-4H3/b10-8+. The lowest BCUT2D eigenvalue weighted by Gasteiger charge is -2.05. The molecule has 2 heteroatoms. The monoisotopic (exact) mass is 206 g/mol. The van der Waals surface area contributed by atoms with Crippen molar-refractivity contribution < 1.29 is 9.53 Å². The van der Waals surface area contributed by atoms with Gasteiger partial charge < -0.3 is 4.74 Å². The van der Waals surface area contributed by atoms with E-state index in [4.69, 9.17) is 4.74 Å². The number of methoxy groups -OCH3 is 1. The Morgan fingerprint density at radius 1 is 1.40 bits per heavy atom. The first kappa shape index (κ1) is 11.8. The molecule has 0 N–H and O–H groups in total. The van der Waals surface area contributed by atoms with Crippen LogP contribution >= 0.6 is 0 Å². The summed E-state index contributed by atoms with van der Waals surface area (Å²) < 4.78 is 4.74. The van der Waals surface area contributed by atoms with Crippen molar-refractivity contribution in [1.29, 1.82) is 0 Å². The number of carbonyl (C=O) groups excluding carboxylic acids is 1. The highest BCUT2D eigenvalue weighted by Crippen LogP contribution is 2.37. The van der Waals surface area contributed by atoms with Crippen LogP contribution in [0.1, 0.15) is 26.7 Å². The fourth-order valence-corrected chi connectivity index (χ4v) is 1.44. The van der Waals surface area contributed by atoms with Crippen molar-refractivity contribution in [2.24, 2.45) is 5.92 Å². The van der Waals surface area contributed by atoms with Crippen molar-refractivity contribution in [3.8, 4) is 0 Å². The van der Waals surface area contributed by atoms with Gasteiger partial charge in [-0.25, -0.2) is 4.79 Å². The summed E-state index contributed by atoms with van der Waals surface area (Å²) >= 11 is 0. The predicted octanol–water partition coefficient (Wildman–Crippen LogP) is 3.02. The first-order valence-corrected chi connectivity index (χ1v) is 5.20. The van der Waals surface area contributed by atoms with E-state index in [0.717, 1.165) is 11.1 Å². The maximum absolute atomic E-state index is 11.5. The molecule has 0 saturated heterocycles. The molecular weight excluding hydrogens is 188 g/mol. The number of carbonyl (C=O) groups is 1. The van der Waals surface area contributed by atoms with Gasteiger partial charge in [0.15, 0.2) is 0 Å². The molecular formula is C13H18O2. The van der Waals surface area contributed by atoms with Crippen LogP contribution in [0.25, 0.3) is 0 Å². The Bertz CT molecular complexity index is 326. The zero-order valence-electron chi connectivity index (χ0n) is 9.67. The number of rotatable bonds is 4. The van der Waals surface area contributed by atoms with Crippen molar-refractivity contribution >= 4 is 5.97 Å². The Labute approximate surface area is 91.3 Å². The van der Waals surface area contributed by atoms with Gasteiger partial charge in [-0.05, 0) is 44.3 Å². The summed E-state index contributed by atoms with van der Waals surface area (Å²) in [5.74, 6) is 0.330. The van der Waals surface area contributed by atoms with E-state index in [-0.39, 0.29) is 5.97 Å². The van der Waals surface area contributed by atoms with Gasteiger partial charge in [-0.15, -0.1) is 0 Å². The first-order chi connectivity index (χ1) is 7.10. The molecule has 1 aliphatic rings. The van der Waals surface area contributed by atoms with Crippen LogP contribution in [0.4, 0.5) is 0 Å². The fourth-order valence-electron chi connectivity index (χ4n) is 1.44. The molecule has 1 aliphatic carbocycles. The fraction of sp³-hybridized carbons (Fsp3) is 0.462. The maximum atomic E-state index is 11.5. The first-order valence-electron chi connectivity index (χ1n) is 5.20. The average Bonchev–Trinajstić information content (AvgIpc) is 3.01. The van der Waals surface area contributed by atoms with Gasteiger partial charge >= 0.3 is 5.97 Å². The Morgan fingerprint density at radius 3 is 2.33 bits per heavy atom. The van der Waals surface area contributed by atoms with Crippen LogP contribution < -0.4 is 0 Å². The van der Waals surface area contributed by atoms with E-state index in [0.29, 0.717) is 11.5 Å². The quantitative estimate of drug-likeness (QED) is 0.401. The topological polar surface area (TPSA) is 26.3 Å². The van der Waals surface area contributed by atoms with E-state index in [2.05, 4.69) is 6.58 Å². The SMILES string of the molecule is C=C/C(=C\C(C(=O)OC)=C(C)C)C1CC1. The molecule has 0 bridgehead atoms. The van der Waals surface area contributed by atoms with Gasteiger partial charge in [0.05, 0.1) is 12.7 Å². The molecule has 0 aromatic carbocycles. The van der Waals surface area contributed by atoms with Crippen LogP contribution in [0.15, 0.2) is 35.5 Å². The summed E-state index contributed by atoms with van der Waals surface area (Å²) in [6.07, 6.45) is 6.15. The molecule has 0 aromatic rings. The van der Waals surface area contributed by atoms with Crippen molar-refractivity contribution in [3.05, 3.63) is 35.5 Å². The molecule has 82 valence electrons. The highest BCUT2D eigenvalue weighted by molar-refractivity contribution is 5.92. The van der Waals surface area contributed by atoms with E-state index in [1.807, 2.05) is 26.0 Å². The minimum absolute atomic E-state index is 0.269. The van der Waals surface area contributed by atoms with E-state index in [1.165, 1.54) is 20.0 Å². The Morgan fingerprint density at radius 2 is 2.00 bits per heavy atom. The molecule has 0 atom stereocenters. The van der Waals surface area contributed by atoms with Gasteiger partial charge in [-0.3, -0.25) is 0 Å². The summed E-state index contributed by atoms with van der Waals surface area (Å²) in [5.41, 5.74) is 2.78. The molecule has 0 amide bonds. The summed E-state index contributed by atoms with van der Waals surface area (Å²) in [7, 11) is 1.41. The molecule has 1 fully saturated rings. The zero-order valence-corrected chi connectivity index (χ0v) is 9.67. The molecule has 0 spiro atoms. The van der Waals surface area contributed by atoms with Gasteiger partial charge in [-0.1, -0.05) is 18.2 Å². The van der Waals surface area contributed by atoms with Crippen LogP contribution in [-0.4, -0.2) is 13.1 Å². The molecule has 0 heterocycles. The summed E-state index contributed by atoms with van der Waals surface area (Å²) in [4.78, 5) is 11.5. The third kappa shape index (κ3) is 3.08. The highest BCUT2D eigenvalue weighted by Gasteiger charge is 2.25. The second kappa shape index (κ2) is 4.96. The molecule has 15 heavy (non-hydrogen) atoms. The third-order valence-corrected chi connectivity index (χ3v) is 2.54.